The topological polar surface area (TPSA) is 90.0 Å². The summed E-state index contributed by atoms with van der Waals surface area (Å²) in [5.41, 5.74) is 0.315. The van der Waals surface area contributed by atoms with Gasteiger partial charge < -0.3 is 10.2 Å². The number of carbonyl (C=O) groups is 2. The fourth-order valence-corrected chi connectivity index (χ4v) is 5.50. The molecule has 160 valence electrons. The first-order valence-corrected chi connectivity index (χ1v) is 11.7. The van der Waals surface area contributed by atoms with Gasteiger partial charge in [0.25, 0.3) is 16.1 Å². The quantitative estimate of drug-likeness (QED) is 0.745. The number of amides is 2. The van der Waals surface area contributed by atoms with Crippen LogP contribution in [0.15, 0.2) is 24.3 Å². The summed E-state index contributed by atoms with van der Waals surface area (Å²) in [7, 11) is -3.48. The lowest BCUT2D eigenvalue weighted by molar-refractivity contribution is -0.131. The van der Waals surface area contributed by atoms with Crippen molar-refractivity contribution < 1.29 is 18.0 Å². The summed E-state index contributed by atoms with van der Waals surface area (Å²) < 4.78 is 28.7. The van der Waals surface area contributed by atoms with Crippen LogP contribution in [0.4, 0.5) is 0 Å². The van der Waals surface area contributed by atoms with Gasteiger partial charge in [-0.05, 0) is 25.0 Å². The third-order valence-corrected chi connectivity index (χ3v) is 7.69. The number of piperazine rings is 1. The van der Waals surface area contributed by atoms with Gasteiger partial charge in [-0.1, -0.05) is 36.6 Å². The van der Waals surface area contributed by atoms with Crippen LogP contribution in [-0.2, 0) is 15.0 Å². The van der Waals surface area contributed by atoms with Gasteiger partial charge in [0.05, 0.1) is 17.1 Å². The molecule has 2 aliphatic rings. The Kier molecular flexibility index (Phi) is 7.50. The SMILES string of the molecule is O=C(NCC(=O)N1CCN(S(=O)(=O)N2CCCCCC2)CC1)c1ccccc1Cl. The van der Waals surface area contributed by atoms with E-state index in [2.05, 4.69) is 5.32 Å². The number of nitrogens with zero attached hydrogens (tertiary/aromatic N) is 3. The van der Waals surface area contributed by atoms with Gasteiger partial charge in [-0.25, -0.2) is 0 Å². The molecule has 29 heavy (non-hydrogen) atoms. The molecule has 8 nitrogen and oxygen atoms in total. The molecule has 0 bridgehead atoms. The van der Waals surface area contributed by atoms with Crippen LogP contribution >= 0.6 is 11.6 Å². The van der Waals surface area contributed by atoms with Crippen molar-refractivity contribution in [2.75, 3.05) is 45.8 Å². The summed E-state index contributed by atoms with van der Waals surface area (Å²) in [6, 6.07) is 6.63. The highest BCUT2D eigenvalue weighted by Gasteiger charge is 2.33. The van der Waals surface area contributed by atoms with E-state index in [1.807, 2.05) is 0 Å². The van der Waals surface area contributed by atoms with Gasteiger partial charge in [0.1, 0.15) is 0 Å². The van der Waals surface area contributed by atoms with Gasteiger partial charge in [0, 0.05) is 39.3 Å². The molecule has 0 radical (unpaired) electrons. The maximum Gasteiger partial charge on any atom is 0.282 e. The molecule has 10 heteroatoms. The van der Waals surface area contributed by atoms with Crippen molar-refractivity contribution in [3.8, 4) is 0 Å². The molecule has 1 N–H and O–H groups in total. The van der Waals surface area contributed by atoms with Gasteiger partial charge >= 0.3 is 0 Å². The van der Waals surface area contributed by atoms with Crippen molar-refractivity contribution in [2.45, 2.75) is 25.7 Å². The summed E-state index contributed by atoms with van der Waals surface area (Å²) in [5, 5.41) is 2.91. The molecule has 0 aliphatic carbocycles. The average Bonchev–Trinajstić information content (AvgIpc) is 3.02. The van der Waals surface area contributed by atoms with Crippen molar-refractivity contribution in [3.63, 3.8) is 0 Å². The fraction of sp³-hybridized carbons (Fsp3) is 0.579. The zero-order chi connectivity index (χ0) is 20.9. The van der Waals surface area contributed by atoms with Crippen molar-refractivity contribution in [1.29, 1.82) is 0 Å². The van der Waals surface area contributed by atoms with E-state index in [1.54, 1.807) is 33.5 Å². The molecule has 2 saturated heterocycles. The molecule has 1 aromatic rings. The van der Waals surface area contributed by atoms with E-state index in [1.165, 1.54) is 4.31 Å². The van der Waals surface area contributed by atoms with Crippen LogP contribution in [0.1, 0.15) is 36.0 Å². The lowest BCUT2D eigenvalue weighted by Crippen LogP contribution is -2.55. The van der Waals surface area contributed by atoms with Crippen LogP contribution < -0.4 is 5.32 Å². The van der Waals surface area contributed by atoms with Gasteiger partial charge in [-0.2, -0.15) is 17.0 Å². The number of benzene rings is 1. The maximum atomic E-state index is 12.9. The number of hydrogen-bond acceptors (Lipinski definition) is 4. The van der Waals surface area contributed by atoms with Gasteiger partial charge in [-0.15, -0.1) is 0 Å². The predicted molar refractivity (Wildman–Crippen MR) is 111 cm³/mol. The zero-order valence-corrected chi connectivity index (χ0v) is 17.9. The molecule has 0 unspecified atom stereocenters. The van der Waals surface area contributed by atoms with Gasteiger partial charge in [-0.3, -0.25) is 9.59 Å². The Hall–Kier alpha value is -1.68. The Balaban J connectivity index is 1.49. The smallest absolute Gasteiger partial charge is 0.282 e. The van der Waals surface area contributed by atoms with E-state index >= 15 is 0 Å². The second-order valence-corrected chi connectivity index (χ2v) is 9.60. The Morgan fingerprint density at radius 1 is 0.897 bits per heavy atom. The highest BCUT2D eigenvalue weighted by atomic mass is 35.5. The van der Waals surface area contributed by atoms with Crippen LogP contribution in [0.2, 0.25) is 5.02 Å². The molecular formula is C19H27ClN4O4S. The maximum absolute atomic E-state index is 12.9. The van der Waals surface area contributed by atoms with Crippen LogP contribution in [0, 0.1) is 0 Å². The first-order valence-electron chi connectivity index (χ1n) is 9.95. The number of nitrogens with one attached hydrogen (secondary N) is 1. The molecule has 3 rings (SSSR count). The van der Waals surface area contributed by atoms with Crippen molar-refractivity contribution in [3.05, 3.63) is 34.9 Å². The summed E-state index contributed by atoms with van der Waals surface area (Å²) >= 11 is 5.99. The molecule has 2 fully saturated rings. The second kappa shape index (κ2) is 9.88. The largest absolute Gasteiger partial charge is 0.343 e. The van der Waals surface area contributed by atoms with Gasteiger partial charge in [0.15, 0.2) is 0 Å². The summed E-state index contributed by atoms with van der Waals surface area (Å²) in [6.45, 7) is 2.14. The van der Waals surface area contributed by atoms with Gasteiger partial charge in [0.2, 0.25) is 5.91 Å². The molecule has 2 aliphatic heterocycles. The molecule has 0 aromatic heterocycles. The van der Waals surface area contributed by atoms with Crippen LogP contribution in [0.5, 0.6) is 0 Å². The molecule has 0 spiro atoms. The number of carbonyl (C=O) groups excluding carboxylic acids is 2. The highest BCUT2D eigenvalue weighted by Crippen LogP contribution is 2.18. The second-order valence-electron chi connectivity index (χ2n) is 7.26. The van der Waals surface area contributed by atoms with E-state index in [0.29, 0.717) is 36.8 Å². The fourth-order valence-electron chi connectivity index (χ4n) is 3.61. The van der Waals surface area contributed by atoms with Crippen molar-refractivity contribution in [1.82, 2.24) is 18.8 Å². The van der Waals surface area contributed by atoms with Crippen molar-refractivity contribution in [2.24, 2.45) is 0 Å². The standard InChI is InChI=1S/C19H27ClN4O4S/c20-17-8-4-3-7-16(17)19(26)21-15-18(25)22-11-13-24(14-12-22)29(27,28)23-9-5-1-2-6-10-23/h3-4,7-8H,1-2,5-6,9-15H2,(H,21,26). The Morgan fingerprint density at radius 2 is 1.48 bits per heavy atom. The minimum Gasteiger partial charge on any atom is -0.343 e. The van der Waals surface area contributed by atoms with E-state index in [-0.39, 0.29) is 25.5 Å². The van der Waals surface area contributed by atoms with Crippen LogP contribution in [0.3, 0.4) is 0 Å². The third-order valence-electron chi connectivity index (χ3n) is 5.33. The third kappa shape index (κ3) is 5.48. The monoisotopic (exact) mass is 442 g/mol. The average molecular weight is 443 g/mol. The normalized spacial score (nSPS) is 19.6. The zero-order valence-electron chi connectivity index (χ0n) is 16.3. The molecular weight excluding hydrogens is 416 g/mol. The number of hydrogen-bond donors (Lipinski definition) is 1. The summed E-state index contributed by atoms with van der Waals surface area (Å²) in [4.78, 5) is 26.2. The van der Waals surface area contributed by atoms with E-state index < -0.39 is 16.1 Å². The Morgan fingerprint density at radius 3 is 2.10 bits per heavy atom. The van der Waals surface area contributed by atoms with E-state index in [4.69, 9.17) is 11.6 Å². The lowest BCUT2D eigenvalue weighted by atomic mass is 10.2. The molecule has 1 aromatic carbocycles. The predicted octanol–water partition coefficient (Wildman–Crippen LogP) is 1.33. The number of rotatable bonds is 5. The molecule has 0 atom stereocenters. The Labute approximate surface area is 177 Å². The van der Waals surface area contributed by atoms with Crippen LogP contribution in [-0.4, -0.2) is 79.6 Å². The molecule has 0 saturated carbocycles. The van der Waals surface area contributed by atoms with E-state index in [0.717, 1.165) is 25.7 Å². The highest BCUT2D eigenvalue weighted by molar-refractivity contribution is 7.86. The first kappa shape index (κ1) is 22.0. The molecule has 2 heterocycles. The first-order chi connectivity index (χ1) is 13.9. The Bertz CT molecular complexity index is 832. The minimum absolute atomic E-state index is 0.150. The summed E-state index contributed by atoms with van der Waals surface area (Å²) in [5.74, 6) is -0.649. The lowest BCUT2D eigenvalue weighted by Gasteiger charge is -2.36. The van der Waals surface area contributed by atoms with Crippen molar-refractivity contribution >= 4 is 33.6 Å². The molecule has 2 amide bonds. The minimum atomic E-state index is -3.48. The summed E-state index contributed by atoms with van der Waals surface area (Å²) in [6.07, 6.45) is 3.91. The number of halogens is 1. The van der Waals surface area contributed by atoms with E-state index in [9.17, 15) is 18.0 Å². The van der Waals surface area contributed by atoms with Crippen LogP contribution in [0.25, 0.3) is 0 Å².